The van der Waals surface area contributed by atoms with Crippen molar-refractivity contribution in [3.63, 3.8) is 0 Å². The number of aromatic amines is 1. The van der Waals surface area contributed by atoms with E-state index in [9.17, 15) is 14.4 Å². The molecule has 1 amide bonds. The van der Waals surface area contributed by atoms with Crippen LogP contribution in [0.25, 0.3) is 0 Å². The summed E-state index contributed by atoms with van der Waals surface area (Å²) in [5.41, 5.74) is 6.00. The van der Waals surface area contributed by atoms with E-state index in [0.29, 0.717) is 0 Å². The van der Waals surface area contributed by atoms with Gasteiger partial charge in [-0.25, -0.2) is 4.79 Å². The molecule has 3 rings (SSSR count). The zero-order chi connectivity index (χ0) is 21.9. The molecule has 0 spiro atoms. The molecule has 0 bridgehead atoms. The summed E-state index contributed by atoms with van der Waals surface area (Å²) in [4.78, 5) is 41.6. The van der Waals surface area contributed by atoms with Gasteiger partial charge in [-0.1, -0.05) is 50.6 Å². The zero-order valence-corrected chi connectivity index (χ0v) is 17.9. The highest BCUT2D eigenvalue weighted by Gasteiger charge is 2.34. The van der Waals surface area contributed by atoms with Gasteiger partial charge in [0.25, 0.3) is 5.56 Å². The third-order valence-electron chi connectivity index (χ3n) is 6.04. The van der Waals surface area contributed by atoms with E-state index in [1.807, 2.05) is 30.3 Å². The highest BCUT2D eigenvalue weighted by Crippen LogP contribution is 2.37. The number of carbonyl (C=O) groups is 1. The summed E-state index contributed by atoms with van der Waals surface area (Å²) in [7, 11) is 0. The lowest BCUT2D eigenvalue weighted by molar-refractivity contribution is -0.118. The van der Waals surface area contributed by atoms with Crippen LogP contribution in [0.3, 0.4) is 0 Å². The van der Waals surface area contributed by atoms with Crippen molar-refractivity contribution in [2.75, 3.05) is 23.7 Å². The van der Waals surface area contributed by atoms with Gasteiger partial charge in [0.1, 0.15) is 5.82 Å². The van der Waals surface area contributed by atoms with Crippen LogP contribution < -0.4 is 27.2 Å². The van der Waals surface area contributed by atoms with E-state index in [4.69, 9.17) is 5.73 Å². The number of hydrogen-bond donors (Lipinski definition) is 3. The summed E-state index contributed by atoms with van der Waals surface area (Å²) < 4.78 is 1.29. The first kappa shape index (κ1) is 21.8. The van der Waals surface area contributed by atoms with Gasteiger partial charge in [0.2, 0.25) is 5.91 Å². The van der Waals surface area contributed by atoms with Crippen LogP contribution in [-0.4, -0.2) is 34.6 Å². The van der Waals surface area contributed by atoms with Crippen LogP contribution in [0, 0.1) is 5.41 Å². The zero-order valence-electron chi connectivity index (χ0n) is 17.9. The van der Waals surface area contributed by atoms with Gasteiger partial charge in [-0.15, -0.1) is 0 Å². The number of H-pyrrole nitrogens is 1. The maximum absolute atomic E-state index is 13.0. The minimum Gasteiger partial charge on any atom is -0.383 e. The van der Waals surface area contributed by atoms with E-state index in [-0.39, 0.29) is 48.5 Å². The molecule has 30 heavy (non-hydrogen) atoms. The minimum atomic E-state index is -0.654. The van der Waals surface area contributed by atoms with Crippen LogP contribution in [0.5, 0.6) is 0 Å². The van der Waals surface area contributed by atoms with Gasteiger partial charge in [0.05, 0.1) is 13.1 Å². The topological polar surface area (TPSA) is 113 Å². The Morgan fingerprint density at radius 2 is 2.00 bits per heavy atom. The van der Waals surface area contributed by atoms with Crippen LogP contribution in [0.4, 0.5) is 11.5 Å². The Labute approximate surface area is 176 Å². The predicted octanol–water partition coefficient (Wildman–Crippen LogP) is 1.69. The molecule has 8 nitrogen and oxygen atoms in total. The Bertz CT molecular complexity index is 1010. The number of nitrogens with two attached hydrogens (primary N) is 1. The molecular formula is C22H31N5O3. The first-order valence-electron chi connectivity index (χ1n) is 10.4. The molecule has 1 heterocycles. The second kappa shape index (κ2) is 8.87. The highest BCUT2D eigenvalue weighted by molar-refractivity contribution is 5.96. The van der Waals surface area contributed by atoms with Crippen molar-refractivity contribution in [3.8, 4) is 0 Å². The second-order valence-electron chi connectivity index (χ2n) is 8.52. The Hall–Kier alpha value is -2.87. The van der Waals surface area contributed by atoms with Gasteiger partial charge in [-0.2, -0.15) is 0 Å². The standard InChI is InChI=1S/C22H31N5O3/c1-4-26(17(28)13-24-16-11-8-12-22(16,2)3)18-19(23)27(21(30)25-20(18)29)14-15-9-6-5-7-10-15/h5-7,9-10,16,24H,4,8,11-14,23H2,1-3H3,(H,25,29,30)/t16-/m0/s1. The average Bonchev–Trinajstić information content (AvgIpc) is 3.05. The SMILES string of the molecule is CCN(C(=O)CN[C@H]1CCCC1(C)C)c1c(N)n(Cc2ccccc2)c(=O)[nH]c1=O. The van der Waals surface area contributed by atoms with Crippen LogP contribution >= 0.6 is 0 Å². The molecule has 2 aromatic rings. The number of aromatic nitrogens is 2. The summed E-state index contributed by atoms with van der Waals surface area (Å²) in [6.45, 7) is 6.76. The number of nitrogens with zero attached hydrogens (tertiary/aromatic N) is 2. The van der Waals surface area contributed by atoms with Crippen molar-refractivity contribution in [1.29, 1.82) is 0 Å². The molecule has 1 aliphatic carbocycles. The minimum absolute atomic E-state index is 0.0102. The Kier molecular flexibility index (Phi) is 6.45. The molecule has 8 heteroatoms. The van der Waals surface area contributed by atoms with Crippen molar-refractivity contribution in [3.05, 3.63) is 56.7 Å². The molecule has 0 saturated heterocycles. The predicted molar refractivity (Wildman–Crippen MR) is 119 cm³/mol. The number of benzene rings is 1. The quantitative estimate of drug-likeness (QED) is 0.639. The van der Waals surface area contributed by atoms with E-state index in [1.54, 1.807) is 6.92 Å². The van der Waals surface area contributed by atoms with Crippen molar-refractivity contribution < 1.29 is 4.79 Å². The van der Waals surface area contributed by atoms with Crippen LogP contribution in [0.2, 0.25) is 0 Å². The van der Waals surface area contributed by atoms with Crippen LogP contribution in [-0.2, 0) is 11.3 Å². The Morgan fingerprint density at radius 1 is 1.30 bits per heavy atom. The molecule has 1 saturated carbocycles. The van der Waals surface area contributed by atoms with Crippen molar-refractivity contribution in [1.82, 2.24) is 14.9 Å². The summed E-state index contributed by atoms with van der Waals surface area (Å²) in [6.07, 6.45) is 3.28. The van der Waals surface area contributed by atoms with Gasteiger partial charge in [0.15, 0.2) is 5.69 Å². The normalized spacial score (nSPS) is 17.8. The van der Waals surface area contributed by atoms with Crippen LogP contribution in [0.15, 0.2) is 39.9 Å². The van der Waals surface area contributed by atoms with Gasteiger partial charge in [-0.3, -0.25) is 19.1 Å². The number of likely N-dealkylation sites (N-methyl/N-ethyl adjacent to an activating group) is 1. The van der Waals surface area contributed by atoms with E-state index >= 15 is 0 Å². The molecule has 1 atom stereocenters. The maximum atomic E-state index is 13.0. The molecule has 1 aromatic heterocycles. The molecule has 162 valence electrons. The van der Waals surface area contributed by atoms with Crippen molar-refractivity contribution in [2.45, 2.75) is 52.6 Å². The Morgan fingerprint density at radius 3 is 2.60 bits per heavy atom. The van der Waals surface area contributed by atoms with Crippen LogP contribution in [0.1, 0.15) is 45.6 Å². The number of anilines is 2. The lowest BCUT2D eigenvalue weighted by Crippen LogP contribution is -2.47. The lowest BCUT2D eigenvalue weighted by Gasteiger charge is -2.29. The number of amides is 1. The highest BCUT2D eigenvalue weighted by atomic mass is 16.2. The van der Waals surface area contributed by atoms with Gasteiger partial charge < -0.3 is 16.0 Å². The van der Waals surface area contributed by atoms with Gasteiger partial charge >= 0.3 is 5.69 Å². The van der Waals surface area contributed by atoms with E-state index < -0.39 is 11.2 Å². The molecule has 0 radical (unpaired) electrons. The molecule has 4 N–H and O–H groups in total. The monoisotopic (exact) mass is 413 g/mol. The first-order chi connectivity index (χ1) is 14.2. The third kappa shape index (κ3) is 4.48. The summed E-state index contributed by atoms with van der Waals surface area (Å²) >= 11 is 0. The van der Waals surface area contributed by atoms with Crippen molar-refractivity contribution in [2.24, 2.45) is 5.41 Å². The number of carbonyl (C=O) groups excluding carboxylic acids is 1. The average molecular weight is 414 g/mol. The van der Waals surface area contributed by atoms with Gasteiger partial charge in [0, 0.05) is 12.6 Å². The molecule has 1 aliphatic rings. The third-order valence-corrected chi connectivity index (χ3v) is 6.04. The summed E-state index contributed by atoms with van der Waals surface area (Å²) in [5, 5.41) is 3.35. The number of rotatable bonds is 7. The molecule has 0 aliphatic heterocycles. The molecule has 1 fully saturated rings. The Balaban J connectivity index is 1.86. The van der Waals surface area contributed by atoms with E-state index in [2.05, 4.69) is 24.1 Å². The summed E-state index contributed by atoms with van der Waals surface area (Å²) in [5.74, 6) is -0.258. The smallest absolute Gasteiger partial charge is 0.330 e. The maximum Gasteiger partial charge on any atom is 0.330 e. The first-order valence-corrected chi connectivity index (χ1v) is 10.4. The largest absolute Gasteiger partial charge is 0.383 e. The fourth-order valence-electron chi connectivity index (χ4n) is 4.23. The molecule has 1 aromatic carbocycles. The van der Waals surface area contributed by atoms with Gasteiger partial charge in [-0.05, 0) is 30.7 Å². The number of hydrogen-bond acceptors (Lipinski definition) is 5. The van der Waals surface area contributed by atoms with Crippen molar-refractivity contribution >= 4 is 17.4 Å². The molecular weight excluding hydrogens is 382 g/mol. The van der Waals surface area contributed by atoms with E-state index in [0.717, 1.165) is 24.8 Å². The fraction of sp³-hybridized carbons (Fsp3) is 0.500. The molecule has 0 unspecified atom stereocenters. The van der Waals surface area contributed by atoms with E-state index in [1.165, 1.54) is 9.47 Å². The summed E-state index contributed by atoms with van der Waals surface area (Å²) in [6, 6.07) is 9.59. The number of nitrogens with one attached hydrogen (secondary N) is 2. The lowest BCUT2D eigenvalue weighted by atomic mass is 9.87. The second-order valence-corrected chi connectivity index (χ2v) is 8.52. The fourth-order valence-corrected chi connectivity index (χ4v) is 4.23. The number of nitrogen functional groups attached to an aromatic ring is 1.